The van der Waals surface area contributed by atoms with Gasteiger partial charge in [-0.3, -0.25) is 0 Å². The maximum atomic E-state index is 5.63. The van der Waals surface area contributed by atoms with E-state index in [-0.39, 0.29) is 0 Å². The number of thiazole rings is 1. The van der Waals surface area contributed by atoms with Crippen molar-refractivity contribution in [1.29, 1.82) is 0 Å². The second kappa shape index (κ2) is 8.76. The number of aromatic nitrogens is 1. The molecule has 0 spiro atoms. The van der Waals surface area contributed by atoms with Gasteiger partial charge in [0.15, 0.2) is 11.5 Å². The predicted molar refractivity (Wildman–Crippen MR) is 92.1 cm³/mol. The monoisotopic (exact) mass is 320 g/mol. The van der Waals surface area contributed by atoms with E-state index in [4.69, 9.17) is 14.5 Å². The Morgan fingerprint density at radius 1 is 1.18 bits per heavy atom. The lowest BCUT2D eigenvalue weighted by molar-refractivity contribution is 0.311. The summed E-state index contributed by atoms with van der Waals surface area (Å²) in [5.74, 6) is 1.52. The van der Waals surface area contributed by atoms with E-state index in [1.165, 1.54) is 0 Å². The van der Waals surface area contributed by atoms with Gasteiger partial charge in [-0.2, -0.15) is 0 Å². The van der Waals surface area contributed by atoms with E-state index < -0.39 is 0 Å². The summed E-state index contributed by atoms with van der Waals surface area (Å²) in [6, 6.07) is 5.96. The SMILES string of the molecule is CCCNCCc1csc(-c2ccc(OC)c(OCC)c2)n1. The van der Waals surface area contributed by atoms with E-state index in [0.717, 1.165) is 53.7 Å². The molecular formula is C17H24N2O2S. The summed E-state index contributed by atoms with van der Waals surface area (Å²) < 4.78 is 11.0. The van der Waals surface area contributed by atoms with Gasteiger partial charge in [0.25, 0.3) is 0 Å². The van der Waals surface area contributed by atoms with Crippen LogP contribution in [0.4, 0.5) is 0 Å². The summed E-state index contributed by atoms with van der Waals surface area (Å²) in [7, 11) is 1.66. The van der Waals surface area contributed by atoms with E-state index in [9.17, 15) is 0 Å². The maximum absolute atomic E-state index is 5.63. The fourth-order valence-electron chi connectivity index (χ4n) is 2.15. The number of hydrogen-bond acceptors (Lipinski definition) is 5. The fourth-order valence-corrected chi connectivity index (χ4v) is 3.00. The fraction of sp³-hybridized carbons (Fsp3) is 0.471. The van der Waals surface area contributed by atoms with Gasteiger partial charge in [0.05, 0.1) is 19.4 Å². The van der Waals surface area contributed by atoms with Gasteiger partial charge in [-0.15, -0.1) is 11.3 Å². The normalized spacial score (nSPS) is 10.7. The molecule has 0 aliphatic rings. The molecule has 2 aromatic rings. The number of benzene rings is 1. The lowest BCUT2D eigenvalue weighted by Gasteiger charge is -2.10. The largest absolute Gasteiger partial charge is 0.493 e. The smallest absolute Gasteiger partial charge is 0.161 e. The summed E-state index contributed by atoms with van der Waals surface area (Å²) in [6.45, 7) is 6.80. The summed E-state index contributed by atoms with van der Waals surface area (Å²) in [5, 5.41) is 6.56. The average molecular weight is 320 g/mol. The maximum Gasteiger partial charge on any atom is 0.161 e. The van der Waals surface area contributed by atoms with Crippen molar-refractivity contribution in [2.24, 2.45) is 0 Å². The second-order valence-electron chi connectivity index (χ2n) is 4.94. The zero-order chi connectivity index (χ0) is 15.8. The molecule has 5 heteroatoms. The molecule has 0 unspecified atom stereocenters. The molecule has 0 aliphatic carbocycles. The van der Waals surface area contributed by atoms with Crippen LogP contribution in [0.2, 0.25) is 0 Å². The first kappa shape index (κ1) is 16.8. The molecule has 0 fully saturated rings. The average Bonchev–Trinajstić information content (AvgIpc) is 3.01. The molecule has 0 amide bonds. The van der Waals surface area contributed by atoms with Crippen molar-refractivity contribution in [2.45, 2.75) is 26.7 Å². The standard InChI is InChI=1S/C17H24N2O2S/c1-4-9-18-10-8-14-12-22-17(19-14)13-6-7-15(20-3)16(11-13)21-5-2/h6-7,11-12,18H,4-5,8-10H2,1-3H3. The van der Waals surface area contributed by atoms with Gasteiger partial charge in [-0.05, 0) is 38.1 Å². The summed E-state index contributed by atoms with van der Waals surface area (Å²) in [5.41, 5.74) is 2.21. The molecule has 0 bridgehead atoms. The van der Waals surface area contributed by atoms with Gasteiger partial charge in [-0.1, -0.05) is 6.92 Å². The number of rotatable bonds is 9. The van der Waals surface area contributed by atoms with Crippen LogP contribution in [-0.4, -0.2) is 31.8 Å². The minimum absolute atomic E-state index is 0.617. The molecule has 1 aromatic carbocycles. The Morgan fingerprint density at radius 2 is 2.05 bits per heavy atom. The third-order valence-electron chi connectivity index (χ3n) is 3.25. The van der Waals surface area contributed by atoms with Gasteiger partial charge in [0, 0.05) is 23.9 Å². The molecule has 120 valence electrons. The van der Waals surface area contributed by atoms with Crippen LogP contribution < -0.4 is 14.8 Å². The van der Waals surface area contributed by atoms with Crippen LogP contribution in [0.5, 0.6) is 11.5 Å². The highest BCUT2D eigenvalue weighted by molar-refractivity contribution is 7.13. The third kappa shape index (κ3) is 4.45. The van der Waals surface area contributed by atoms with E-state index in [0.29, 0.717) is 6.61 Å². The first-order chi connectivity index (χ1) is 10.8. The van der Waals surface area contributed by atoms with Gasteiger partial charge in [0.2, 0.25) is 0 Å². The van der Waals surface area contributed by atoms with Crippen LogP contribution in [0.3, 0.4) is 0 Å². The van der Waals surface area contributed by atoms with Crippen molar-refractivity contribution in [3.8, 4) is 22.1 Å². The second-order valence-corrected chi connectivity index (χ2v) is 5.80. The van der Waals surface area contributed by atoms with Gasteiger partial charge in [0.1, 0.15) is 5.01 Å². The number of nitrogens with zero attached hydrogens (tertiary/aromatic N) is 1. The molecule has 22 heavy (non-hydrogen) atoms. The van der Waals surface area contributed by atoms with E-state index in [1.807, 2.05) is 25.1 Å². The molecule has 2 rings (SSSR count). The van der Waals surface area contributed by atoms with Crippen LogP contribution >= 0.6 is 11.3 Å². The molecule has 1 heterocycles. The molecule has 0 saturated carbocycles. The van der Waals surface area contributed by atoms with Crippen molar-refractivity contribution in [1.82, 2.24) is 10.3 Å². The zero-order valence-electron chi connectivity index (χ0n) is 13.5. The Balaban J connectivity index is 2.08. The van der Waals surface area contributed by atoms with Crippen molar-refractivity contribution in [3.05, 3.63) is 29.3 Å². The van der Waals surface area contributed by atoms with E-state index in [2.05, 4.69) is 17.6 Å². The molecule has 0 saturated heterocycles. The molecule has 1 aromatic heterocycles. The summed E-state index contributed by atoms with van der Waals surface area (Å²) in [6.07, 6.45) is 2.12. The molecule has 0 aliphatic heterocycles. The Morgan fingerprint density at radius 3 is 2.77 bits per heavy atom. The minimum Gasteiger partial charge on any atom is -0.493 e. The first-order valence-corrected chi connectivity index (χ1v) is 8.62. The number of nitrogens with one attached hydrogen (secondary N) is 1. The Kier molecular flexibility index (Phi) is 6.68. The van der Waals surface area contributed by atoms with E-state index in [1.54, 1.807) is 18.4 Å². The number of methoxy groups -OCH3 is 1. The number of ether oxygens (including phenoxy) is 2. The van der Waals surface area contributed by atoms with Crippen molar-refractivity contribution in [2.75, 3.05) is 26.8 Å². The minimum atomic E-state index is 0.617. The van der Waals surface area contributed by atoms with Gasteiger partial charge >= 0.3 is 0 Å². The van der Waals surface area contributed by atoms with Gasteiger partial charge < -0.3 is 14.8 Å². The van der Waals surface area contributed by atoms with Crippen LogP contribution in [0.15, 0.2) is 23.6 Å². The first-order valence-electron chi connectivity index (χ1n) is 7.74. The zero-order valence-corrected chi connectivity index (χ0v) is 14.3. The highest BCUT2D eigenvalue weighted by Crippen LogP contribution is 2.33. The lowest BCUT2D eigenvalue weighted by atomic mass is 10.2. The van der Waals surface area contributed by atoms with Crippen LogP contribution in [-0.2, 0) is 6.42 Å². The van der Waals surface area contributed by atoms with Crippen molar-refractivity contribution >= 4 is 11.3 Å². The lowest BCUT2D eigenvalue weighted by Crippen LogP contribution is -2.17. The Bertz CT molecular complexity index is 584. The third-order valence-corrected chi connectivity index (χ3v) is 4.19. The predicted octanol–water partition coefficient (Wildman–Crippen LogP) is 3.76. The molecule has 4 nitrogen and oxygen atoms in total. The van der Waals surface area contributed by atoms with Crippen molar-refractivity contribution < 1.29 is 9.47 Å². The van der Waals surface area contributed by atoms with Crippen LogP contribution in [0, 0.1) is 0 Å². The number of hydrogen-bond donors (Lipinski definition) is 1. The molecule has 1 N–H and O–H groups in total. The quantitative estimate of drug-likeness (QED) is 0.715. The summed E-state index contributed by atoms with van der Waals surface area (Å²) in [4.78, 5) is 4.72. The van der Waals surface area contributed by atoms with Gasteiger partial charge in [-0.25, -0.2) is 4.98 Å². The van der Waals surface area contributed by atoms with E-state index >= 15 is 0 Å². The molecule has 0 atom stereocenters. The highest BCUT2D eigenvalue weighted by atomic mass is 32.1. The highest BCUT2D eigenvalue weighted by Gasteiger charge is 2.10. The van der Waals surface area contributed by atoms with Crippen LogP contribution in [0.1, 0.15) is 26.0 Å². The summed E-state index contributed by atoms with van der Waals surface area (Å²) >= 11 is 1.67. The molecular weight excluding hydrogens is 296 g/mol. The Labute approximate surface area is 136 Å². The van der Waals surface area contributed by atoms with Crippen LogP contribution in [0.25, 0.3) is 10.6 Å². The topological polar surface area (TPSA) is 43.4 Å². The molecule has 0 radical (unpaired) electrons. The Hall–Kier alpha value is -1.59. The van der Waals surface area contributed by atoms with Crippen molar-refractivity contribution in [3.63, 3.8) is 0 Å².